The minimum absolute atomic E-state index is 0.0345. The Labute approximate surface area is 206 Å². The summed E-state index contributed by atoms with van der Waals surface area (Å²) < 4.78 is 19.3. The van der Waals surface area contributed by atoms with Crippen molar-refractivity contribution in [2.24, 2.45) is 0 Å². The van der Waals surface area contributed by atoms with Gasteiger partial charge in [0.25, 0.3) is 11.7 Å². The molecule has 0 aliphatic carbocycles. The van der Waals surface area contributed by atoms with Gasteiger partial charge >= 0.3 is 0 Å². The summed E-state index contributed by atoms with van der Waals surface area (Å²) in [5.74, 6) is -2.00. The van der Waals surface area contributed by atoms with Crippen LogP contribution in [0, 0.1) is 5.82 Å². The predicted octanol–water partition coefficient (Wildman–Crippen LogP) is 6.55. The number of aliphatic hydroxyl groups is 1. The number of anilines is 1. The van der Waals surface area contributed by atoms with Crippen molar-refractivity contribution in [3.05, 3.63) is 99.3 Å². The van der Waals surface area contributed by atoms with Gasteiger partial charge in [-0.2, -0.15) is 0 Å². The zero-order chi connectivity index (χ0) is 24.6. The fourth-order valence-corrected chi connectivity index (χ4v) is 4.37. The molecular weight excluding hydrogens is 480 g/mol. The summed E-state index contributed by atoms with van der Waals surface area (Å²) in [4.78, 5) is 27.5. The summed E-state index contributed by atoms with van der Waals surface area (Å²) in [5.41, 5.74) is 0.891. The first-order valence-corrected chi connectivity index (χ1v) is 11.2. The lowest BCUT2D eigenvalue weighted by Crippen LogP contribution is -2.29. The first-order valence-electron chi connectivity index (χ1n) is 10.5. The van der Waals surface area contributed by atoms with Gasteiger partial charge in [0.1, 0.15) is 17.3 Å². The van der Waals surface area contributed by atoms with Crippen LogP contribution in [0.3, 0.4) is 0 Å². The second kappa shape index (κ2) is 9.49. The van der Waals surface area contributed by atoms with Crippen LogP contribution < -0.4 is 9.64 Å². The van der Waals surface area contributed by atoms with E-state index in [9.17, 15) is 19.1 Å². The summed E-state index contributed by atoms with van der Waals surface area (Å²) in [6, 6.07) is 15.3. The molecule has 0 spiro atoms. The maximum Gasteiger partial charge on any atom is 0.300 e. The van der Waals surface area contributed by atoms with Gasteiger partial charge in [-0.25, -0.2) is 4.39 Å². The number of Topliss-reactive ketones (excluding diaryl/α,β-unsaturated/α-hetero) is 1. The van der Waals surface area contributed by atoms with Gasteiger partial charge in [-0.05, 0) is 74.0 Å². The molecule has 1 heterocycles. The Bertz CT molecular complexity index is 1270. The van der Waals surface area contributed by atoms with Crippen LogP contribution in [0.1, 0.15) is 31.0 Å². The summed E-state index contributed by atoms with van der Waals surface area (Å²) in [6.07, 6.45) is -0.0345. The van der Waals surface area contributed by atoms with E-state index in [1.54, 1.807) is 24.3 Å². The molecule has 1 atom stereocenters. The number of aliphatic hydroxyl groups excluding tert-OH is 1. The number of rotatable bonds is 5. The van der Waals surface area contributed by atoms with E-state index in [4.69, 9.17) is 27.9 Å². The molecule has 1 saturated heterocycles. The quantitative estimate of drug-likeness (QED) is 0.245. The van der Waals surface area contributed by atoms with E-state index in [-0.39, 0.29) is 33.2 Å². The topological polar surface area (TPSA) is 66.8 Å². The zero-order valence-corrected chi connectivity index (χ0v) is 19.8. The van der Waals surface area contributed by atoms with Crippen LogP contribution in [0.25, 0.3) is 5.76 Å². The molecule has 8 heteroatoms. The summed E-state index contributed by atoms with van der Waals surface area (Å²) in [5, 5.41) is 11.7. The van der Waals surface area contributed by atoms with E-state index < -0.39 is 23.5 Å². The van der Waals surface area contributed by atoms with E-state index in [2.05, 4.69) is 0 Å². The van der Waals surface area contributed by atoms with Crippen molar-refractivity contribution in [1.29, 1.82) is 0 Å². The minimum Gasteiger partial charge on any atom is -0.507 e. The molecule has 4 rings (SSSR count). The van der Waals surface area contributed by atoms with Gasteiger partial charge in [0, 0.05) is 21.3 Å². The van der Waals surface area contributed by atoms with Crippen LogP contribution in [-0.4, -0.2) is 22.9 Å². The van der Waals surface area contributed by atoms with Gasteiger partial charge in [-0.3, -0.25) is 14.5 Å². The first-order chi connectivity index (χ1) is 16.2. The van der Waals surface area contributed by atoms with Gasteiger partial charge in [0.15, 0.2) is 0 Å². The number of halogens is 3. The van der Waals surface area contributed by atoms with Gasteiger partial charge in [0.2, 0.25) is 0 Å². The number of ketones is 1. The Kier molecular flexibility index (Phi) is 6.64. The maximum atomic E-state index is 13.6. The number of nitrogens with zero attached hydrogens (tertiary/aromatic N) is 1. The van der Waals surface area contributed by atoms with E-state index in [0.717, 1.165) is 0 Å². The minimum atomic E-state index is -1.03. The van der Waals surface area contributed by atoms with Crippen molar-refractivity contribution < 1.29 is 23.8 Å². The number of carbonyl (C=O) groups excluding carboxylic acids is 2. The van der Waals surface area contributed by atoms with Crippen molar-refractivity contribution in [2.45, 2.75) is 26.0 Å². The fraction of sp³-hybridized carbons (Fsp3) is 0.154. The average molecular weight is 500 g/mol. The lowest BCUT2D eigenvalue weighted by Gasteiger charge is -2.25. The lowest BCUT2D eigenvalue weighted by atomic mass is 9.95. The van der Waals surface area contributed by atoms with Crippen molar-refractivity contribution in [3.8, 4) is 5.75 Å². The number of amides is 1. The average Bonchev–Trinajstić information content (AvgIpc) is 3.04. The van der Waals surface area contributed by atoms with Crippen molar-refractivity contribution in [2.75, 3.05) is 4.90 Å². The van der Waals surface area contributed by atoms with Crippen LogP contribution in [0.15, 0.2) is 72.3 Å². The van der Waals surface area contributed by atoms with Crippen molar-refractivity contribution in [3.63, 3.8) is 0 Å². The normalized spacial score (nSPS) is 17.5. The Morgan fingerprint density at radius 1 is 0.971 bits per heavy atom. The highest BCUT2D eigenvalue weighted by Gasteiger charge is 2.47. The SMILES string of the molecule is CC(C)Oc1ccc(/C(O)=C2\C(=O)C(=O)N(c3cc(Cl)cc(Cl)c3)C2c2ccc(F)cc2)cc1. The molecule has 1 amide bonds. The van der Waals surface area contributed by atoms with Gasteiger partial charge in [0.05, 0.1) is 17.7 Å². The molecule has 174 valence electrons. The molecule has 1 aliphatic rings. The molecule has 1 fully saturated rings. The molecule has 0 saturated carbocycles. The molecule has 3 aromatic rings. The summed E-state index contributed by atoms with van der Waals surface area (Å²) in [7, 11) is 0. The monoisotopic (exact) mass is 499 g/mol. The summed E-state index contributed by atoms with van der Waals surface area (Å²) in [6.45, 7) is 3.78. The Morgan fingerprint density at radius 2 is 1.56 bits per heavy atom. The Balaban J connectivity index is 1.88. The van der Waals surface area contributed by atoms with Crippen LogP contribution in [0.2, 0.25) is 10.0 Å². The number of hydrogen-bond donors (Lipinski definition) is 1. The third-order valence-corrected chi connectivity index (χ3v) is 5.69. The number of ether oxygens (including phenoxy) is 1. The van der Waals surface area contributed by atoms with E-state index in [0.29, 0.717) is 16.9 Å². The predicted molar refractivity (Wildman–Crippen MR) is 130 cm³/mol. The lowest BCUT2D eigenvalue weighted by molar-refractivity contribution is -0.132. The highest BCUT2D eigenvalue weighted by atomic mass is 35.5. The molecule has 5 nitrogen and oxygen atoms in total. The molecule has 0 radical (unpaired) electrons. The standard InChI is InChI=1S/C26H20Cl2FNO4/c1-14(2)34-21-9-5-16(6-10-21)24(31)22-23(15-3-7-19(29)8-4-15)30(26(33)25(22)32)20-12-17(27)11-18(28)13-20/h3-14,23,31H,1-2H3/b24-22+. The molecule has 1 N–H and O–H groups in total. The van der Waals surface area contributed by atoms with Gasteiger partial charge in [-0.1, -0.05) is 35.3 Å². The summed E-state index contributed by atoms with van der Waals surface area (Å²) >= 11 is 12.3. The molecule has 1 aliphatic heterocycles. The molecule has 0 aromatic heterocycles. The number of carbonyl (C=O) groups is 2. The van der Waals surface area contributed by atoms with E-state index in [1.165, 1.54) is 47.4 Å². The van der Waals surface area contributed by atoms with E-state index >= 15 is 0 Å². The first kappa shape index (κ1) is 23.8. The Morgan fingerprint density at radius 3 is 2.12 bits per heavy atom. The van der Waals surface area contributed by atoms with Crippen LogP contribution in [0.4, 0.5) is 10.1 Å². The smallest absolute Gasteiger partial charge is 0.300 e. The van der Waals surface area contributed by atoms with Crippen LogP contribution >= 0.6 is 23.2 Å². The number of benzene rings is 3. The molecule has 1 unspecified atom stereocenters. The molecule has 34 heavy (non-hydrogen) atoms. The second-order valence-corrected chi connectivity index (χ2v) is 8.91. The van der Waals surface area contributed by atoms with Crippen LogP contribution in [-0.2, 0) is 9.59 Å². The third kappa shape index (κ3) is 4.65. The zero-order valence-electron chi connectivity index (χ0n) is 18.3. The van der Waals surface area contributed by atoms with Crippen molar-refractivity contribution in [1.82, 2.24) is 0 Å². The highest BCUT2D eigenvalue weighted by Crippen LogP contribution is 2.43. The van der Waals surface area contributed by atoms with Gasteiger partial charge in [-0.15, -0.1) is 0 Å². The molecule has 0 bridgehead atoms. The second-order valence-electron chi connectivity index (χ2n) is 8.04. The molecular formula is C26H20Cl2FNO4. The fourth-order valence-electron chi connectivity index (χ4n) is 3.86. The van der Waals surface area contributed by atoms with Gasteiger partial charge < -0.3 is 9.84 Å². The highest BCUT2D eigenvalue weighted by molar-refractivity contribution is 6.52. The third-order valence-electron chi connectivity index (χ3n) is 5.26. The number of hydrogen-bond acceptors (Lipinski definition) is 4. The van der Waals surface area contributed by atoms with Crippen LogP contribution in [0.5, 0.6) is 5.75 Å². The largest absolute Gasteiger partial charge is 0.507 e. The van der Waals surface area contributed by atoms with Crippen molar-refractivity contribution >= 4 is 46.3 Å². The molecule has 3 aromatic carbocycles. The van der Waals surface area contributed by atoms with E-state index in [1.807, 2.05) is 13.8 Å². The Hall–Kier alpha value is -3.35. The maximum absolute atomic E-state index is 13.6.